The summed E-state index contributed by atoms with van der Waals surface area (Å²) in [5, 5.41) is 8.29. The Balaban J connectivity index is 0. The third-order valence-corrected chi connectivity index (χ3v) is 1.22. The van der Waals surface area contributed by atoms with Crippen molar-refractivity contribution in [1.29, 1.82) is 0 Å². The van der Waals surface area contributed by atoms with E-state index in [2.05, 4.69) is 25.7 Å². The van der Waals surface area contributed by atoms with Crippen molar-refractivity contribution in [2.45, 2.75) is 0 Å². The smallest absolute Gasteiger partial charge is 0.328 e. The van der Waals surface area contributed by atoms with Crippen LogP contribution in [0, 0.1) is 25.7 Å². The third kappa shape index (κ3) is 9.46. The van der Waals surface area contributed by atoms with Crippen molar-refractivity contribution in [3.8, 4) is 25.7 Å². The van der Waals surface area contributed by atoms with E-state index in [1.54, 1.807) is 6.08 Å². The molecule has 1 aromatic carbocycles. The van der Waals surface area contributed by atoms with Gasteiger partial charge in [-0.2, -0.15) is 0 Å². The van der Waals surface area contributed by atoms with Crippen LogP contribution in [-0.2, 0) is 4.79 Å². The molecule has 0 aromatic heterocycles. The molecule has 0 bridgehead atoms. The fourth-order valence-corrected chi connectivity index (χ4v) is 0.732. The summed E-state index contributed by atoms with van der Waals surface area (Å²) in [5.74, 6) is -0.922. The van der Waals surface area contributed by atoms with Crippen LogP contribution in [0.25, 0.3) is 6.08 Å². The quantitative estimate of drug-likeness (QED) is 0.587. The molecule has 1 N–H and O–H groups in total. The zero-order valence-electron chi connectivity index (χ0n) is 8.21. The number of carboxylic acids is 1. The first-order valence-corrected chi connectivity index (χ1v) is 3.92. The number of hydrogen-bond acceptors (Lipinski definition) is 1. The van der Waals surface area contributed by atoms with Gasteiger partial charge in [-0.05, 0) is 11.6 Å². The van der Waals surface area contributed by atoms with Crippen LogP contribution in [0.15, 0.2) is 36.4 Å². The Bertz CT molecular complexity index is 325. The molecule has 2 nitrogen and oxygen atoms in total. The average Bonchev–Trinajstić information content (AvgIpc) is 2.33. The van der Waals surface area contributed by atoms with Crippen LogP contribution in [0.4, 0.5) is 0 Å². The van der Waals surface area contributed by atoms with Crippen LogP contribution in [0.3, 0.4) is 0 Å². The zero-order chi connectivity index (χ0) is 12.1. The van der Waals surface area contributed by atoms with E-state index in [0.717, 1.165) is 11.6 Å². The van der Waals surface area contributed by atoms with Crippen molar-refractivity contribution in [3.63, 3.8) is 0 Å². The minimum Gasteiger partial charge on any atom is -0.478 e. The number of carboxylic acid groups (broad SMARTS) is 1. The first kappa shape index (κ1) is 15.0. The van der Waals surface area contributed by atoms with E-state index in [9.17, 15) is 4.79 Å². The second-order valence-corrected chi connectivity index (χ2v) is 2.08. The van der Waals surface area contributed by atoms with Gasteiger partial charge in [0, 0.05) is 6.08 Å². The normalized spacial score (nSPS) is 7.73. The lowest BCUT2D eigenvalue weighted by Crippen LogP contribution is -1.85. The van der Waals surface area contributed by atoms with E-state index in [4.69, 9.17) is 5.11 Å². The third-order valence-electron chi connectivity index (χ3n) is 1.22. The van der Waals surface area contributed by atoms with Crippen LogP contribution in [0.2, 0.25) is 0 Å². The number of benzene rings is 1. The van der Waals surface area contributed by atoms with Crippen LogP contribution in [0.5, 0.6) is 0 Å². The van der Waals surface area contributed by atoms with E-state index >= 15 is 0 Å². The summed E-state index contributed by atoms with van der Waals surface area (Å²) in [6.07, 6.45) is 18.7. The summed E-state index contributed by atoms with van der Waals surface area (Å²) >= 11 is 0. The van der Waals surface area contributed by atoms with Gasteiger partial charge in [-0.15, -0.1) is 25.7 Å². The molecule has 2 heteroatoms. The van der Waals surface area contributed by atoms with E-state index in [1.807, 2.05) is 30.3 Å². The number of hydrogen-bond donors (Lipinski definition) is 1. The van der Waals surface area contributed by atoms with Gasteiger partial charge in [-0.25, -0.2) is 4.79 Å². The van der Waals surface area contributed by atoms with E-state index in [0.29, 0.717) is 0 Å². The SMILES string of the molecule is C#C.C#C.O=C(O)/C=C/c1ccccc1. The minimum atomic E-state index is -0.922. The standard InChI is InChI=1S/C9H8O2.2C2H2/c10-9(11)7-6-8-4-2-1-3-5-8;2*1-2/h1-7H,(H,10,11);2*1-2H/b7-6+;;. The predicted octanol–water partition coefficient (Wildman–Crippen LogP) is 2.28. The van der Waals surface area contributed by atoms with Crippen molar-refractivity contribution in [2.75, 3.05) is 0 Å². The molecular weight excluding hydrogens is 188 g/mol. The number of aliphatic carboxylic acids is 1. The molecule has 0 unspecified atom stereocenters. The van der Waals surface area contributed by atoms with E-state index in [-0.39, 0.29) is 0 Å². The van der Waals surface area contributed by atoms with E-state index in [1.165, 1.54) is 0 Å². The van der Waals surface area contributed by atoms with Crippen molar-refractivity contribution in [3.05, 3.63) is 42.0 Å². The summed E-state index contributed by atoms with van der Waals surface area (Å²) < 4.78 is 0. The fraction of sp³-hybridized carbons (Fsp3) is 0. The Kier molecular flexibility index (Phi) is 11.6. The molecule has 0 aliphatic heterocycles. The highest BCUT2D eigenvalue weighted by Gasteiger charge is 1.85. The highest BCUT2D eigenvalue weighted by Crippen LogP contribution is 1.99. The second kappa shape index (κ2) is 11.6. The summed E-state index contributed by atoms with van der Waals surface area (Å²) in [6.45, 7) is 0. The van der Waals surface area contributed by atoms with Gasteiger partial charge < -0.3 is 5.11 Å². The van der Waals surface area contributed by atoms with Crippen LogP contribution >= 0.6 is 0 Å². The first-order chi connectivity index (χ1) is 7.29. The number of rotatable bonds is 2. The molecule has 0 amide bonds. The molecule has 0 saturated heterocycles. The fourth-order valence-electron chi connectivity index (χ4n) is 0.732. The van der Waals surface area contributed by atoms with Gasteiger partial charge in [-0.3, -0.25) is 0 Å². The van der Waals surface area contributed by atoms with Gasteiger partial charge in [0.05, 0.1) is 0 Å². The molecule has 1 rings (SSSR count). The topological polar surface area (TPSA) is 37.3 Å². The van der Waals surface area contributed by atoms with Gasteiger partial charge in [0.15, 0.2) is 0 Å². The Morgan fingerprint density at radius 1 is 1.07 bits per heavy atom. The van der Waals surface area contributed by atoms with E-state index < -0.39 is 5.97 Å². The van der Waals surface area contributed by atoms with Gasteiger partial charge in [-0.1, -0.05) is 30.3 Å². The number of carbonyl (C=O) groups is 1. The maximum atomic E-state index is 10.1. The molecule has 0 radical (unpaired) electrons. The van der Waals surface area contributed by atoms with Crippen molar-refractivity contribution < 1.29 is 9.90 Å². The van der Waals surface area contributed by atoms with Crippen LogP contribution in [0.1, 0.15) is 5.56 Å². The Morgan fingerprint density at radius 2 is 1.53 bits per heavy atom. The van der Waals surface area contributed by atoms with Gasteiger partial charge in [0.2, 0.25) is 0 Å². The van der Waals surface area contributed by atoms with Crippen LogP contribution < -0.4 is 0 Å². The molecule has 0 fully saturated rings. The lowest BCUT2D eigenvalue weighted by molar-refractivity contribution is -0.131. The van der Waals surface area contributed by atoms with Gasteiger partial charge in [0.1, 0.15) is 0 Å². The highest BCUT2D eigenvalue weighted by atomic mass is 16.4. The maximum Gasteiger partial charge on any atom is 0.328 e. The molecule has 0 atom stereocenters. The van der Waals surface area contributed by atoms with Crippen LogP contribution in [-0.4, -0.2) is 11.1 Å². The lowest BCUT2D eigenvalue weighted by atomic mass is 10.2. The molecular formula is C13H12O2. The lowest BCUT2D eigenvalue weighted by Gasteiger charge is -1.87. The molecule has 15 heavy (non-hydrogen) atoms. The van der Waals surface area contributed by atoms with Crippen molar-refractivity contribution in [1.82, 2.24) is 0 Å². The second-order valence-electron chi connectivity index (χ2n) is 2.08. The molecule has 1 aromatic rings. The Hall–Kier alpha value is -2.45. The Labute approximate surface area is 90.3 Å². The largest absolute Gasteiger partial charge is 0.478 e. The zero-order valence-corrected chi connectivity index (χ0v) is 8.21. The number of terminal acetylenes is 2. The van der Waals surface area contributed by atoms with Gasteiger partial charge in [0.25, 0.3) is 0 Å². The summed E-state index contributed by atoms with van der Waals surface area (Å²) in [4.78, 5) is 10.1. The molecule has 76 valence electrons. The monoisotopic (exact) mass is 200 g/mol. The summed E-state index contributed by atoms with van der Waals surface area (Å²) in [7, 11) is 0. The summed E-state index contributed by atoms with van der Waals surface area (Å²) in [5.41, 5.74) is 0.898. The molecule has 0 aliphatic rings. The molecule has 0 saturated carbocycles. The van der Waals surface area contributed by atoms with Crippen molar-refractivity contribution in [2.24, 2.45) is 0 Å². The van der Waals surface area contributed by atoms with Crippen molar-refractivity contribution >= 4 is 12.0 Å². The maximum absolute atomic E-state index is 10.1. The average molecular weight is 200 g/mol. The summed E-state index contributed by atoms with van der Waals surface area (Å²) in [6, 6.07) is 9.31. The molecule has 0 spiro atoms. The molecule has 0 heterocycles. The first-order valence-electron chi connectivity index (χ1n) is 3.92. The Morgan fingerprint density at radius 3 is 1.93 bits per heavy atom. The van der Waals surface area contributed by atoms with Gasteiger partial charge >= 0.3 is 5.97 Å². The predicted molar refractivity (Wildman–Crippen MR) is 62.9 cm³/mol. The molecule has 0 aliphatic carbocycles. The highest BCUT2D eigenvalue weighted by molar-refractivity contribution is 5.85. The minimum absolute atomic E-state index is 0.898.